The third-order valence-corrected chi connectivity index (χ3v) is 6.88. The molecule has 40 heavy (non-hydrogen) atoms. The van der Waals surface area contributed by atoms with E-state index in [0.29, 0.717) is 17.0 Å². The van der Waals surface area contributed by atoms with Crippen molar-refractivity contribution in [2.75, 3.05) is 16.4 Å². The number of rotatable bonds is 9. The van der Waals surface area contributed by atoms with Crippen LogP contribution in [0.2, 0.25) is 0 Å². The molecule has 198 valence electrons. The van der Waals surface area contributed by atoms with E-state index < -0.39 is 11.8 Å². The van der Waals surface area contributed by atoms with Gasteiger partial charge in [-0.1, -0.05) is 60.7 Å². The first-order valence-corrected chi connectivity index (χ1v) is 13.5. The number of benzene rings is 4. The van der Waals surface area contributed by atoms with Gasteiger partial charge in [-0.05, 0) is 53.9 Å². The molecule has 1 aromatic heterocycles. The molecule has 0 aliphatic heterocycles. The second kappa shape index (κ2) is 12.6. The van der Waals surface area contributed by atoms with Gasteiger partial charge in [-0.3, -0.25) is 14.4 Å². The lowest BCUT2D eigenvalue weighted by Gasteiger charge is -2.12. The molecule has 0 aliphatic rings. The van der Waals surface area contributed by atoms with Crippen molar-refractivity contribution >= 4 is 57.7 Å². The van der Waals surface area contributed by atoms with Gasteiger partial charge in [-0.15, -0.1) is 11.8 Å². The van der Waals surface area contributed by atoms with Gasteiger partial charge in [0, 0.05) is 33.3 Å². The van der Waals surface area contributed by atoms with Crippen molar-refractivity contribution in [3.8, 4) is 0 Å². The summed E-state index contributed by atoms with van der Waals surface area (Å²) in [6, 6.07) is 32.8. The van der Waals surface area contributed by atoms with E-state index in [1.54, 1.807) is 60.7 Å². The normalized spacial score (nSPS) is 11.2. The topological polar surface area (TPSA) is 100 Å². The number of furan rings is 1. The van der Waals surface area contributed by atoms with Gasteiger partial charge >= 0.3 is 0 Å². The quantitative estimate of drug-likeness (QED) is 0.143. The summed E-state index contributed by atoms with van der Waals surface area (Å²) in [7, 11) is 0. The van der Waals surface area contributed by atoms with Crippen LogP contribution in [0.5, 0.6) is 0 Å². The van der Waals surface area contributed by atoms with Gasteiger partial charge in [0.15, 0.2) is 0 Å². The fraction of sp³-hybridized carbons (Fsp3) is 0.0312. The minimum absolute atomic E-state index is 0.0244. The van der Waals surface area contributed by atoms with E-state index in [1.807, 2.05) is 48.5 Å². The highest BCUT2D eigenvalue weighted by molar-refractivity contribution is 8.00. The molecule has 0 fully saturated rings. The Balaban J connectivity index is 1.24. The molecule has 0 unspecified atom stereocenters. The zero-order valence-electron chi connectivity index (χ0n) is 21.3. The number of amides is 3. The second-order valence-corrected chi connectivity index (χ2v) is 9.79. The van der Waals surface area contributed by atoms with Gasteiger partial charge in [-0.25, -0.2) is 0 Å². The third kappa shape index (κ3) is 6.86. The van der Waals surface area contributed by atoms with E-state index in [0.717, 1.165) is 21.4 Å². The van der Waals surface area contributed by atoms with Crippen molar-refractivity contribution in [3.05, 3.63) is 132 Å². The van der Waals surface area contributed by atoms with E-state index in [1.165, 1.54) is 24.1 Å². The molecule has 0 atom stereocenters. The zero-order chi connectivity index (χ0) is 27.7. The monoisotopic (exact) mass is 547 g/mol. The van der Waals surface area contributed by atoms with Gasteiger partial charge < -0.3 is 20.4 Å². The van der Waals surface area contributed by atoms with Crippen LogP contribution in [0.1, 0.15) is 16.1 Å². The van der Waals surface area contributed by atoms with Crippen LogP contribution in [0.3, 0.4) is 0 Å². The number of thioether (sulfide) groups is 1. The summed E-state index contributed by atoms with van der Waals surface area (Å²) < 4.78 is 5.34. The van der Waals surface area contributed by atoms with Gasteiger partial charge in [0.05, 0.1) is 12.0 Å². The Morgan fingerprint density at radius 3 is 2.38 bits per heavy atom. The molecule has 7 nitrogen and oxygen atoms in total. The Kier molecular flexibility index (Phi) is 8.38. The number of hydrogen-bond donors (Lipinski definition) is 3. The summed E-state index contributed by atoms with van der Waals surface area (Å²) >= 11 is 1.35. The number of carbonyl (C=O) groups excluding carboxylic acids is 3. The fourth-order valence-electron chi connectivity index (χ4n) is 3.99. The molecular formula is C32H25N3O4S. The lowest BCUT2D eigenvalue weighted by molar-refractivity contribution is -0.114. The molecule has 4 aromatic carbocycles. The Morgan fingerprint density at radius 2 is 1.55 bits per heavy atom. The van der Waals surface area contributed by atoms with Crippen molar-refractivity contribution < 1.29 is 18.8 Å². The van der Waals surface area contributed by atoms with E-state index >= 15 is 0 Å². The van der Waals surface area contributed by atoms with E-state index in [-0.39, 0.29) is 17.4 Å². The summed E-state index contributed by atoms with van der Waals surface area (Å²) in [6.07, 6.45) is 2.95. The fourth-order valence-corrected chi connectivity index (χ4v) is 4.74. The molecule has 0 radical (unpaired) electrons. The SMILES string of the molecule is O=C(CSc1cccc(NC(=O)/C(=C/c2ccco2)NC(=O)c2ccccc2)c1)Nc1cccc2ccccc12. The molecule has 8 heteroatoms. The largest absolute Gasteiger partial charge is 0.465 e. The minimum Gasteiger partial charge on any atom is -0.465 e. The van der Waals surface area contributed by atoms with Gasteiger partial charge in [-0.2, -0.15) is 0 Å². The highest BCUT2D eigenvalue weighted by Gasteiger charge is 2.16. The Hall–Kier alpha value is -5.08. The van der Waals surface area contributed by atoms with Crippen molar-refractivity contribution in [2.24, 2.45) is 0 Å². The van der Waals surface area contributed by atoms with Crippen LogP contribution in [0.15, 0.2) is 130 Å². The number of anilines is 2. The lowest BCUT2D eigenvalue weighted by Crippen LogP contribution is -2.30. The van der Waals surface area contributed by atoms with E-state index in [4.69, 9.17) is 4.42 Å². The number of carbonyl (C=O) groups is 3. The van der Waals surface area contributed by atoms with Crippen LogP contribution in [0.4, 0.5) is 11.4 Å². The Morgan fingerprint density at radius 1 is 0.775 bits per heavy atom. The Bertz CT molecular complexity index is 1680. The summed E-state index contributed by atoms with van der Waals surface area (Å²) in [6.45, 7) is 0. The second-order valence-electron chi connectivity index (χ2n) is 8.74. The minimum atomic E-state index is -0.517. The molecule has 5 rings (SSSR count). The summed E-state index contributed by atoms with van der Waals surface area (Å²) in [5.74, 6) is -0.466. The van der Waals surface area contributed by atoms with Gasteiger partial charge in [0.1, 0.15) is 11.5 Å². The van der Waals surface area contributed by atoms with Gasteiger partial charge in [0.2, 0.25) is 5.91 Å². The van der Waals surface area contributed by atoms with Crippen LogP contribution < -0.4 is 16.0 Å². The molecule has 1 heterocycles. The third-order valence-electron chi connectivity index (χ3n) is 5.88. The predicted octanol–water partition coefficient (Wildman–Crippen LogP) is 6.57. The van der Waals surface area contributed by atoms with Crippen LogP contribution in [-0.4, -0.2) is 23.5 Å². The first-order valence-electron chi connectivity index (χ1n) is 12.5. The molecule has 3 amide bonds. The molecule has 0 saturated heterocycles. The zero-order valence-corrected chi connectivity index (χ0v) is 22.1. The first kappa shape index (κ1) is 26.5. The van der Waals surface area contributed by atoms with Crippen molar-refractivity contribution in [3.63, 3.8) is 0 Å². The maximum Gasteiger partial charge on any atom is 0.272 e. The van der Waals surface area contributed by atoms with Crippen molar-refractivity contribution in [1.29, 1.82) is 0 Å². The van der Waals surface area contributed by atoms with Crippen LogP contribution in [0.25, 0.3) is 16.8 Å². The Labute approximate surface area is 235 Å². The standard InChI is InChI=1S/C32H25N3O4S/c36-30(34-28-17-6-12-22-9-4-5-16-27(22)28)21-40-26-15-7-13-24(19-26)33-32(38)29(20-25-14-8-18-39-25)35-31(37)23-10-2-1-3-11-23/h1-20H,21H2,(H,33,38)(H,34,36)(H,35,37)/b29-20-. The molecular weight excluding hydrogens is 522 g/mol. The van der Waals surface area contributed by atoms with Crippen LogP contribution >= 0.6 is 11.8 Å². The maximum absolute atomic E-state index is 13.2. The number of hydrogen-bond acceptors (Lipinski definition) is 5. The van der Waals surface area contributed by atoms with E-state index in [9.17, 15) is 14.4 Å². The highest BCUT2D eigenvalue weighted by Crippen LogP contribution is 2.25. The van der Waals surface area contributed by atoms with Crippen molar-refractivity contribution in [2.45, 2.75) is 4.90 Å². The lowest BCUT2D eigenvalue weighted by atomic mass is 10.1. The van der Waals surface area contributed by atoms with Crippen LogP contribution in [-0.2, 0) is 9.59 Å². The average Bonchev–Trinajstić information content (AvgIpc) is 3.50. The smallest absolute Gasteiger partial charge is 0.272 e. The number of fused-ring (bicyclic) bond motifs is 1. The molecule has 5 aromatic rings. The van der Waals surface area contributed by atoms with E-state index in [2.05, 4.69) is 16.0 Å². The first-order chi connectivity index (χ1) is 19.5. The number of nitrogens with one attached hydrogen (secondary N) is 3. The molecule has 0 bridgehead atoms. The van der Waals surface area contributed by atoms with Crippen molar-refractivity contribution in [1.82, 2.24) is 5.32 Å². The molecule has 0 spiro atoms. The van der Waals surface area contributed by atoms with Crippen LogP contribution in [0, 0.1) is 0 Å². The predicted molar refractivity (Wildman–Crippen MR) is 159 cm³/mol. The summed E-state index contributed by atoms with van der Waals surface area (Å²) in [4.78, 5) is 39.4. The molecule has 3 N–H and O–H groups in total. The summed E-state index contributed by atoms with van der Waals surface area (Å²) in [5, 5.41) is 10.5. The molecule has 0 saturated carbocycles. The highest BCUT2D eigenvalue weighted by atomic mass is 32.2. The summed E-state index contributed by atoms with van der Waals surface area (Å²) in [5.41, 5.74) is 1.72. The molecule has 0 aliphatic carbocycles. The maximum atomic E-state index is 13.2. The van der Waals surface area contributed by atoms with Gasteiger partial charge in [0.25, 0.3) is 11.8 Å². The average molecular weight is 548 g/mol.